The number of H-pyrrole nitrogens is 1. The summed E-state index contributed by atoms with van der Waals surface area (Å²) in [5.74, 6) is 0.454. The Morgan fingerprint density at radius 3 is 2.82 bits per heavy atom. The van der Waals surface area contributed by atoms with Gasteiger partial charge in [-0.05, 0) is 64.7 Å². The Morgan fingerprint density at radius 2 is 2.11 bits per heavy atom. The maximum absolute atomic E-state index is 14.5. The minimum absolute atomic E-state index is 0.0273. The van der Waals surface area contributed by atoms with E-state index >= 15 is 0 Å². The second-order valence-electron chi connectivity index (χ2n) is 9.60. The Morgan fingerprint density at radius 1 is 1.29 bits per heavy atom. The van der Waals surface area contributed by atoms with Crippen molar-refractivity contribution in [3.63, 3.8) is 0 Å². The number of aromatic amines is 1. The van der Waals surface area contributed by atoms with Gasteiger partial charge in [-0.25, -0.2) is 9.37 Å². The van der Waals surface area contributed by atoms with Crippen LogP contribution in [-0.4, -0.2) is 19.6 Å². The number of aryl methyl sites for hydroxylation is 1. The van der Waals surface area contributed by atoms with Gasteiger partial charge >= 0.3 is 5.82 Å². The molecule has 4 aromatic rings. The van der Waals surface area contributed by atoms with Crippen LogP contribution in [0.15, 0.2) is 52.5 Å². The van der Waals surface area contributed by atoms with Crippen molar-refractivity contribution < 1.29 is 14.1 Å². The summed E-state index contributed by atoms with van der Waals surface area (Å²) in [6, 6.07) is 8.31. The summed E-state index contributed by atoms with van der Waals surface area (Å²) < 4.78 is 24.8. The maximum Gasteiger partial charge on any atom is 0.414 e. The van der Waals surface area contributed by atoms with Crippen LogP contribution in [0.3, 0.4) is 0 Å². The normalized spacial score (nSPS) is 14.1. The van der Waals surface area contributed by atoms with Gasteiger partial charge in [0.25, 0.3) is 0 Å². The van der Waals surface area contributed by atoms with Crippen molar-refractivity contribution in [2.24, 2.45) is 18.1 Å². The predicted octanol–water partition coefficient (Wildman–Crippen LogP) is 5.80. The molecule has 0 aliphatic heterocycles. The van der Waals surface area contributed by atoms with Crippen molar-refractivity contribution in [2.75, 3.05) is 0 Å². The molecule has 1 saturated carbocycles. The molecular weight excluding hydrogens is 553 g/mol. The summed E-state index contributed by atoms with van der Waals surface area (Å²) in [5, 5.41) is 21.9. The zero-order valence-corrected chi connectivity index (χ0v) is 22.6. The molecule has 3 aromatic heterocycles. The van der Waals surface area contributed by atoms with E-state index in [1.165, 1.54) is 31.4 Å². The highest BCUT2D eigenvalue weighted by Gasteiger charge is 2.24. The molecular formula is C27H26BrFN7O2+. The zero-order chi connectivity index (χ0) is 26.8. The van der Waals surface area contributed by atoms with E-state index in [1.54, 1.807) is 29.9 Å². The molecule has 1 aliphatic carbocycles. The first-order valence-corrected chi connectivity index (χ1v) is 13.1. The van der Waals surface area contributed by atoms with Crippen LogP contribution in [-0.2, 0) is 20.0 Å². The Hall–Kier alpha value is -3.91. The zero-order valence-electron chi connectivity index (χ0n) is 21.0. The molecule has 11 heteroatoms. The molecule has 1 aromatic carbocycles. The lowest BCUT2D eigenvalue weighted by Gasteiger charge is -2.24. The topological polar surface area (TPSA) is 112 Å². The van der Waals surface area contributed by atoms with Crippen molar-refractivity contribution in [1.82, 2.24) is 19.6 Å². The standard InChI is InChI=1S/C27H25BrFN7O2/c1-16(38-25-9-20(28)12-31-27(25)34-37)23-10-21(29)6-7-22(23)26-19(14-35(2)33-26)8-18-15-36(32-24(18)11-30)13-17-4-3-5-17/h6-7,9-10,12,14-17H,3-5,8,13H2,1-2H3/p+1. The summed E-state index contributed by atoms with van der Waals surface area (Å²) in [5.41, 5.74) is 3.99. The number of benzene rings is 1. The molecule has 0 amide bonds. The average molecular weight is 579 g/mol. The van der Waals surface area contributed by atoms with Crippen LogP contribution < -0.4 is 9.72 Å². The highest BCUT2D eigenvalue weighted by Crippen LogP contribution is 2.36. The number of nitrogens with zero attached hydrogens (tertiary/aromatic N) is 6. The largest absolute Gasteiger partial charge is 0.478 e. The molecule has 194 valence electrons. The number of ether oxygens (including phenoxy) is 1. The number of nitroso groups, excluding NO2 is 1. The molecule has 5 rings (SSSR count). The van der Waals surface area contributed by atoms with Crippen molar-refractivity contribution in [3.8, 4) is 23.1 Å². The summed E-state index contributed by atoms with van der Waals surface area (Å²) in [4.78, 5) is 14.0. The fourth-order valence-corrected chi connectivity index (χ4v) is 5.09. The molecule has 38 heavy (non-hydrogen) atoms. The van der Waals surface area contributed by atoms with Crippen molar-refractivity contribution >= 4 is 21.7 Å². The Labute approximate surface area is 227 Å². The predicted molar refractivity (Wildman–Crippen MR) is 141 cm³/mol. The van der Waals surface area contributed by atoms with Gasteiger partial charge in [-0.1, -0.05) is 6.42 Å². The fourth-order valence-electron chi connectivity index (χ4n) is 4.76. The number of halogens is 2. The lowest BCUT2D eigenvalue weighted by Crippen LogP contribution is -2.18. The molecule has 1 N–H and O–H groups in total. The Bertz CT molecular complexity index is 1540. The van der Waals surface area contributed by atoms with Crippen LogP contribution in [0.25, 0.3) is 11.3 Å². The van der Waals surface area contributed by atoms with Gasteiger partial charge in [-0.2, -0.15) is 15.5 Å². The van der Waals surface area contributed by atoms with Crippen LogP contribution in [0.4, 0.5) is 10.2 Å². The van der Waals surface area contributed by atoms with Gasteiger partial charge < -0.3 is 4.74 Å². The van der Waals surface area contributed by atoms with E-state index in [9.17, 15) is 14.6 Å². The number of hydrogen-bond acceptors (Lipinski definition) is 6. The third kappa shape index (κ3) is 5.36. The summed E-state index contributed by atoms with van der Waals surface area (Å²) >= 11 is 3.35. The van der Waals surface area contributed by atoms with E-state index < -0.39 is 11.9 Å². The lowest BCUT2D eigenvalue weighted by atomic mass is 9.85. The number of aromatic nitrogens is 5. The molecule has 0 spiro atoms. The van der Waals surface area contributed by atoms with Crippen LogP contribution in [0.1, 0.15) is 54.7 Å². The third-order valence-corrected chi connectivity index (χ3v) is 7.31. The summed E-state index contributed by atoms with van der Waals surface area (Å²) in [6.07, 6.45) is 8.86. The van der Waals surface area contributed by atoms with Crippen LogP contribution >= 0.6 is 15.9 Å². The maximum atomic E-state index is 14.5. The third-order valence-electron chi connectivity index (χ3n) is 6.85. The van der Waals surface area contributed by atoms with E-state index in [0.717, 1.165) is 17.7 Å². The quantitative estimate of drug-likeness (QED) is 0.233. The smallest absolute Gasteiger partial charge is 0.414 e. The van der Waals surface area contributed by atoms with Gasteiger partial charge in [0.15, 0.2) is 5.69 Å². The number of nitriles is 1. The van der Waals surface area contributed by atoms with Gasteiger partial charge in [0.05, 0.1) is 10.2 Å². The first kappa shape index (κ1) is 25.7. The SMILES string of the molecule is CC(Oc1cc(Br)c[nH+]c1N=O)c1cc(F)ccc1-c1nn(C)cc1Cc1cn(CC2CCC2)nc1C#N. The van der Waals surface area contributed by atoms with Crippen LogP contribution in [0.2, 0.25) is 0 Å². The molecule has 0 bridgehead atoms. The molecule has 0 saturated heterocycles. The second-order valence-corrected chi connectivity index (χ2v) is 10.5. The highest BCUT2D eigenvalue weighted by atomic mass is 79.9. The number of nitrogens with one attached hydrogen (secondary N) is 1. The van der Waals surface area contributed by atoms with E-state index in [1.807, 2.05) is 24.1 Å². The van der Waals surface area contributed by atoms with Crippen molar-refractivity contribution in [2.45, 2.75) is 45.3 Å². The summed E-state index contributed by atoms with van der Waals surface area (Å²) in [6.45, 7) is 2.59. The first-order valence-electron chi connectivity index (χ1n) is 12.3. The number of rotatable bonds is 9. The number of hydrogen-bond donors (Lipinski definition) is 0. The average Bonchev–Trinajstić information content (AvgIpc) is 3.43. The van der Waals surface area contributed by atoms with Gasteiger partial charge in [0.2, 0.25) is 10.9 Å². The minimum atomic E-state index is -0.640. The van der Waals surface area contributed by atoms with Gasteiger partial charge in [-0.15, -0.1) is 0 Å². The minimum Gasteiger partial charge on any atom is -0.478 e. The first-order chi connectivity index (χ1) is 18.3. The summed E-state index contributed by atoms with van der Waals surface area (Å²) in [7, 11) is 1.82. The highest BCUT2D eigenvalue weighted by molar-refractivity contribution is 9.10. The molecule has 0 radical (unpaired) electrons. The lowest BCUT2D eigenvalue weighted by molar-refractivity contribution is -0.364. The number of pyridine rings is 1. The van der Waals surface area contributed by atoms with E-state index in [4.69, 9.17) is 4.74 Å². The molecule has 1 atom stereocenters. The van der Waals surface area contributed by atoms with E-state index in [2.05, 4.69) is 42.4 Å². The molecule has 1 aliphatic rings. The van der Waals surface area contributed by atoms with Gasteiger partial charge in [0, 0.05) is 60.7 Å². The second kappa shape index (κ2) is 10.8. The molecule has 1 unspecified atom stereocenters. The van der Waals surface area contributed by atoms with Crippen LogP contribution in [0.5, 0.6) is 5.75 Å². The Kier molecular flexibility index (Phi) is 7.33. The fraction of sp³-hybridized carbons (Fsp3) is 0.333. The van der Waals surface area contributed by atoms with Gasteiger partial charge in [-0.3, -0.25) is 9.36 Å². The van der Waals surface area contributed by atoms with Crippen LogP contribution in [0, 0.1) is 28.0 Å². The van der Waals surface area contributed by atoms with E-state index in [-0.39, 0.29) is 11.6 Å². The van der Waals surface area contributed by atoms with Gasteiger partial charge in [0.1, 0.15) is 24.2 Å². The molecule has 3 heterocycles. The monoisotopic (exact) mass is 578 g/mol. The van der Waals surface area contributed by atoms with Crippen molar-refractivity contribution in [1.29, 1.82) is 5.26 Å². The Balaban J connectivity index is 1.49. The van der Waals surface area contributed by atoms with E-state index in [0.29, 0.717) is 39.3 Å². The van der Waals surface area contributed by atoms with Crippen molar-refractivity contribution in [3.05, 3.63) is 80.4 Å². The molecule has 1 fully saturated rings. The molecule has 9 nitrogen and oxygen atoms in total.